The summed E-state index contributed by atoms with van der Waals surface area (Å²) in [5, 5.41) is 0. The molecule has 0 saturated carbocycles. The zero-order valence-electron chi connectivity index (χ0n) is 14.9. The van der Waals surface area contributed by atoms with Crippen LogP contribution < -0.4 is 9.47 Å². The van der Waals surface area contributed by atoms with Gasteiger partial charge in [0.15, 0.2) is 0 Å². The number of nitrogens with zero attached hydrogens (tertiary/aromatic N) is 3. The number of carbonyl (C=O) groups excluding carboxylic acids is 1. The highest BCUT2D eigenvalue weighted by molar-refractivity contribution is 5.94. The SMILES string of the molecule is COc1nccc(OC2CCCN(C(=O)c3cc(C)cc(C)c3)C2)n1. The lowest BCUT2D eigenvalue weighted by Crippen LogP contribution is -2.44. The van der Waals surface area contributed by atoms with Gasteiger partial charge in [0, 0.05) is 24.4 Å². The van der Waals surface area contributed by atoms with Crippen molar-refractivity contribution < 1.29 is 14.3 Å². The van der Waals surface area contributed by atoms with Crippen molar-refractivity contribution in [2.24, 2.45) is 0 Å². The van der Waals surface area contributed by atoms with Crippen LogP contribution in [0.15, 0.2) is 30.5 Å². The van der Waals surface area contributed by atoms with E-state index < -0.39 is 0 Å². The van der Waals surface area contributed by atoms with Gasteiger partial charge >= 0.3 is 6.01 Å². The smallest absolute Gasteiger partial charge is 0.319 e. The zero-order chi connectivity index (χ0) is 17.8. The molecule has 1 aromatic carbocycles. The van der Waals surface area contributed by atoms with Crippen LogP contribution >= 0.6 is 0 Å². The first-order chi connectivity index (χ1) is 12.0. The fraction of sp³-hybridized carbons (Fsp3) is 0.421. The summed E-state index contributed by atoms with van der Waals surface area (Å²) in [5.41, 5.74) is 2.93. The molecule has 1 fully saturated rings. The molecule has 1 amide bonds. The second-order valence-electron chi connectivity index (χ2n) is 6.39. The predicted molar refractivity (Wildman–Crippen MR) is 94.1 cm³/mol. The van der Waals surface area contributed by atoms with Crippen LogP contribution in [0.3, 0.4) is 0 Å². The summed E-state index contributed by atoms with van der Waals surface area (Å²) in [4.78, 5) is 22.8. The van der Waals surface area contributed by atoms with E-state index in [9.17, 15) is 4.79 Å². The Kier molecular flexibility index (Phi) is 5.16. The molecule has 1 atom stereocenters. The Morgan fingerprint density at radius 1 is 1.24 bits per heavy atom. The molecule has 0 spiro atoms. The van der Waals surface area contributed by atoms with Crippen LogP contribution in [0.4, 0.5) is 0 Å². The number of ether oxygens (including phenoxy) is 2. The first-order valence-corrected chi connectivity index (χ1v) is 8.46. The average Bonchev–Trinajstić information content (AvgIpc) is 2.60. The number of hydrogen-bond acceptors (Lipinski definition) is 5. The Labute approximate surface area is 147 Å². The summed E-state index contributed by atoms with van der Waals surface area (Å²) >= 11 is 0. The number of benzene rings is 1. The monoisotopic (exact) mass is 341 g/mol. The summed E-state index contributed by atoms with van der Waals surface area (Å²) in [7, 11) is 1.52. The number of piperidine rings is 1. The Balaban J connectivity index is 1.69. The molecule has 0 radical (unpaired) electrons. The van der Waals surface area contributed by atoms with E-state index in [-0.39, 0.29) is 18.0 Å². The maximum absolute atomic E-state index is 12.8. The number of amides is 1. The Bertz CT molecular complexity index is 743. The summed E-state index contributed by atoms with van der Waals surface area (Å²) in [5.74, 6) is 0.526. The van der Waals surface area contributed by atoms with Gasteiger partial charge in [0.05, 0.1) is 13.7 Å². The van der Waals surface area contributed by atoms with Gasteiger partial charge in [-0.3, -0.25) is 4.79 Å². The fourth-order valence-electron chi connectivity index (χ4n) is 3.16. The first-order valence-electron chi connectivity index (χ1n) is 8.46. The average molecular weight is 341 g/mol. The van der Waals surface area contributed by atoms with Crippen LogP contribution in [0.5, 0.6) is 11.9 Å². The topological polar surface area (TPSA) is 64.6 Å². The molecule has 132 valence electrons. The lowest BCUT2D eigenvalue weighted by molar-refractivity contribution is 0.0525. The van der Waals surface area contributed by atoms with Crippen LogP contribution in [-0.4, -0.2) is 47.1 Å². The van der Waals surface area contributed by atoms with Gasteiger partial charge in [-0.15, -0.1) is 0 Å². The molecule has 0 N–H and O–H groups in total. The van der Waals surface area contributed by atoms with E-state index in [1.165, 1.54) is 7.11 Å². The standard InChI is InChI=1S/C19H23N3O3/c1-13-9-14(2)11-15(10-13)18(23)22-8-4-5-16(12-22)25-17-6-7-20-19(21-17)24-3/h6-7,9-11,16H,4-5,8,12H2,1-3H3. The number of rotatable bonds is 4. The van der Waals surface area contributed by atoms with Crippen molar-refractivity contribution in [3.63, 3.8) is 0 Å². The molecule has 1 aliphatic heterocycles. The first kappa shape index (κ1) is 17.2. The van der Waals surface area contributed by atoms with E-state index in [1.54, 1.807) is 12.3 Å². The molecule has 6 heteroatoms. The van der Waals surface area contributed by atoms with Gasteiger partial charge in [-0.2, -0.15) is 4.98 Å². The van der Waals surface area contributed by atoms with Crippen molar-refractivity contribution in [2.75, 3.05) is 20.2 Å². The van der Waals surface area contributed by atoms with Gasteiger partial charge in [0.25, 0.3) is 5.91 Å². The molecule has 1 aliphatic rings. The minimum absolute atomic E-state index is 0.0559. The molecule has 2 aromatic rings. The van der Waals surface area contributed by atoms with Crippen LogP contribution in [0.25, 0.3) is 0 Å². The highest BCUT2D eigenvalue weighted by atomic mass is 16.5. The van der Waals surface area contributed by atoms with Crippen molar-refractivity contribution in [3.8, 4) is 11.9 Å². The molecule has 0 bridgehead atoms. The molecule has 3 rings (SSSR count). The molecular formula is C19H23N3O3. The summed E-state index contributed by atoms with van der Waals surface area (Å²) in [6.07, 6.45) is 3.32. The lowest BCUT2D eigenvalue weighted by atomic mass is 10.0. The summed E-state index contributed by atoms with van der Waals surface area (Å²) in [6.45, 7) is 5.32. The number of carbonyl (C=O) groups is 1. The lowest BCUT2D eigenvalue weighted by Gasteiger charge is -2.32. The van der Waals surface area contributed by atoms with E-state index >= 15 is 0 Å². The predicted octanol–water partition coefficient (Wildman–Crippen LogP) is 2.79. The quantitative estimate of drug-likeness (QED) is 0.855. The molecule has 6 nitrogen and oxygen atoms in total. The highest BCUT2D eigenvalue weighted by Crippen LogP contribution is 2.20. The minimum atomic E-state index is -0.0804. The third-order valence-electron chi connectivity index (χ3n) is 4.21. The van der Waals surface area contributed by atoms with Crippen LogP contribution in [0.2, 0.25) is 0 Å². The molecular weight excluding hydrogens is 318 g/mol. The van der Waals surface area contributed by atoms with Crippen molar-refractivity contribution in [1.29, 1.82) is 0 Å². The fourth-order valence-corrected chi connectivity index (χ4v) is 3.16. The molecule has 1 aromatic heterocycles. The number of aromatic nitrogens is 2. The molecule has 2 heterocycles. The number of methoxy groups -OCH3 is 1. The maximum Gasteiger partial charge on any atom is 0.319 e. The largest absolute Gasteiger partial charge is 0.472 e. The Morgan fingerprint density at radius 3 is 2.72 bits per heavy atom. The minimum Gasteiger partial charge on any atom is -0.472 e. The normalized spacial score (nSPS) is 17.2. The second-order valence-corrected chi connectivity index (χ2v) is 6.39. The van der Waals surface area contributed by atoms with E-state index in [1.807, 2.05) is 30.9 Å². The van der Waals surface area contributed by atoms with Crippen molar-refractivity contribution in [3.05, 3.63) is 47.2 Å². The van der Waals surface area contributed by atoms with Crippen molar-refractivity contribution >= 4 is 5.91 Å². The van der Waals surface area contributed by atoms with Gasteiger partial charge in [-0.25, -0.2) is 4.98 Å². The van der Waals surface area contributed by atoms with Crippen molar-refractivity contribution in [2.45, 2.75) is 32.8 Å². The van der Waals surface area contributed by atoms with E-state index in [0.717, 1.165) is 36.1 Å². The van der Waals surface area contributed by atoms with Crippen LogP contribution in [0, 0.1) is 13.8 Å². The van der Waals surface area contributed by atoms with Gasteiger partial charge in [-0.1, -0.05) is 17.2 Å². The second kappa shape index (κ2) is 7.51. The van der Waals surface area contributed by atoms with E-state index in [4.69, 9.17) is 9.47 Å². The molecule has 1 saturated heterocycles. The van der Waals surface area contributed by atoms with Crippen molar-refractivity contribution in [1.82, 2.24) is 14.9 Å². The Hall–Kier alpha value is -2.63. The van der Waals surface area contributed by atoms with Gasteiger partial charge < -0.3 is 14.4 Å². The van der Waals surface area contributed by atoms with Gasteiger partial charge in [-0.05, 0) is 38.8 Å². The maximum atomic E-state index is 12.8. The molecule has 1 unspecified atom stereocenters. The van der Waals surface area contributed by atoms with E-state index in [2.05, 4.69) is 16.0 Å². The molecule has 0 aliphatic carbocycles. The van der Waals surface area contributed by atoms with Gasteiger partial charge in [0.2, 0.25) is 5.88 Å². The Morgan fingerprint density at radius 2 is 2.00 bits per heavy atom. The third-order valence-corrected chi connectivity index (χ3v) is 4.21. The number of likely N-dealkylation sites (tertiary alicyclic amines) is 1. The summed E-state index contributed by atoms with van der Waals surface area (Å²) in [6, 6.07) is 7.93. The number of aryl methyl sites for hydroxylation is 2. The van der Waals surface area contributed by atoms with E-state index in [0.29, 0.717) is 12.4 Å². The third kappa shape index (κ3) is 4.26. The highest BCUT2D eigenvalue weighted by Gasteiger charge is 2.26. The van der Waals surface area contributed by atoms with Crippen LogP contribution in [0.1, 0.15) is 34.3 Å². The van der Waals surface area contributed by atoms with Crippen LogP contribution in [-0.2, 0) is 0 Å². The number of hydrogen-bond donors (Lipinski definition) is 0. The van der Waals surface area contributed by atoms with Gasteiger partial charge in [0.1, 0.15) is 6.10 Å². The zero-order valence-corrected chi connectivity index (χ0v) is 14.9. The molecule has 25 heavy (non-hydrogen) atoms. The summed E-state index contributed by atoms with van der Waals surface area (Å²) < 4.78 is 11.0.